The van der Waals surface area contributed by atoms with E-state index >= 15 is 0 Å². The second-order valence-corrected chi connectivity index (χ2v) is 5.76. The van der Waals surface area contributed by atoms with Crippen LogP contribution >= 0.6 is 12.2 Å². The van der Waals surface area contributed by atoms with Crippen LogP contribution in [0.3, 0.4) is 0 Å². The zero-order valence-corrected chi connectivity index (χ0v) is 11.6. The topological polar surface area (TPSA) is 58.4 Å². The van der Waals surface area contributed by atoms with Gasteiger partial charge in [-0.05, 0) is 34.7 Å². The standard InChI is InChI=1S/C11H23N3OS/c1-8(6-9(12)16)14(5)7-10(15)13-11(2,3)4/h8H,6-7H2,1-5H3,(H2,12,16)(H,13,15). The Morgan fingerprint density at radius 2 is 2.00 bits per heavy atom. The number of rotatable bonds is 5. The van der Waals surface area contributed by atoms with E-state index < -0.39 is 0 Å². The number of nitrogens with two attached hydrogens (primary N) is 1. The third-order valence-corrected chi connectivity index (χ3v) is 2.32. The van der Waals surface area contributed by atoms with Gasteiger partial charge >= 0.3 is 0 Å². The molecule has 0 heterocycles. The minimum atomic E-state index is -0.190. The van der Waals surface area contributed by atoms with E-state index in [1.807, 2.05) is 39.6 Å². The van der Waals surface area contributed by atoms with Crippen molar-refractivity contribution in [3.8, 4) is 0 Å². The molecule has 0 saturated heterocycles. The number of hydrogen-bond acceptors (Lipinski definition) is 3. The van der Waals surface area contributed by atoms with Gasteiger partial charge in [0.05, 0.1) is 11.5 Å². The van der Waals surface area contributed by atoms with Gasteiger partial charge in [0.25, 0.3) is 0 Å². The number of carbonyl (C=O) groups excluding carboxylic acids is 1. The molecule has 0 aromatic heterocycles. The monoisotopic (exact) mass is 245 g/mol. The number of carbonyl (C=O) groups is 1. The highest BCUT2D eigenvalue weighted by Gasteiger charge is 2.17. The third kappa shape index (κ3) is 7.59. The predicted molar refractivity (Wildman–Crippen MR) is 71.4 cm³/mol. The number of nitrogens with zero attached hydrogens (tertiary/aromatic N) is 1. The smallest absolute Gasteiger partial charge is 0.234 e. The summed E-state index contributed by atoms with van der Waals surface area (Å²) >= 11 is 4.84. The lowest BCUT2D eigenvalue weighted by Crippen LogP contribution is -2.47. The normalized spacial score (nSPS) is 13.6. The van der Waals surface area contributed by atoms with Crippen molar-refractivity contribution in [2.24, 2.45) is 5.73 Å². The minimum absolute atomic E-state index is 0.0183. The number of nitrogens with one attached hydrogen (secondary N) is 1. The molecular formula is C11H23N3OS. The van der Waals surface area contributed by atoms with Crippen LogP contribution in [0.2, 0.25) is 0 Å². The summed E-state index contributed by atoms with van der Waals surface area (Å²) in [5, 5.41) is 2.91. The van der Waals surface area contributed by atoms with Crippen LogP contribution in [0.15, 0.2) is 0 Å². The summed E-state index contributed by atoms with van der Waals surface area (Å²) in [6, 6.07) is 0.184. The first-order valence-corrected chi connectivity index (χ1v) is 5.82. The quantitative estimate of drug-likeness (QED) is 0.707. The van der Waals surface area contributed by atoms with Crippen LogP contribution in [-0.4, -0.2) is 41.0 Å². The van der Waals surface area contributed by atoms with Crippen LogP contribution in [-0.2, 0) is 4.79 Å². The molecule has 5 heteroatoms. The van der Waals surface area contributed by atoms with E-state index in [2.05, 4.69) is 5.32 Å². The van der Waals surface area contributed by atoms with Gasteiger partial charge in [-0.2, -0.15) is 0 Å². The van der Waals surface area contributed by atoms with Crippen molar-refractivity contribution >= 4 is 23.1 Å². The van der Waals surface area contributed by atoms with Gasteiger partial charge in [-0.3, -0.25) is 9.69 Å². The van der Waals surface area contributed by atoms with E-state index in [0.29, 0.717) is 18.0 Å². The molecule has 1 amide bonds. The molecule has 0 radical (unpaired) electrons. The SMILES string of the molecule is CC(CC(N)=S)N(C)CC(=O)NC(C)(C)C. The largest absolute Gasteiger partial charge is 0.393 e. The second-order valence-electron chi connectivity index (χ2n) is 5.23. The molecule has 0 aromatic rings. The lowest BCUT2D eigenvalue weighted by molar-refractivity contribution is -0.123. The van der Waals surface area contributed by atoms with Crippen LogP contribution < -0.4 is 11.1 Å². The first kappa shape index (κ1) is 15.3. The van der Waals surface area contributed by atoms with E-state index in [1.54, 1.807) is 0 Å². The van der Waals surface area contributed by atoms with Gasteiger partial charge in [-0.25, -0.2) is 0 Å². The van der Waals surface area contributed by atoms with E-state index in [9.17, 15) is 4.79 Å². The van der Waals surface area contributed by atoms with Crippen molar-refractivity contribution in [2.45, 2.75) is 45.7 Å². The highest BCUT2D eigenvalue weighted by Crippen LogP contribution is 2.02. The van der Waals surface area contributed by atoms with Crippen LogP contribution in [0, 0.1) is 0 Å². The van der Waals surface area contributed by atoms with Gasteiger partial charge in [-0.1, -0.05) is 12.2 Å². The third-order valence-electron chi connectivity index (χ3n) is 2.16. The molecule has 4 nitrogen and oxygen atoms in total. The summed E-state index contributed by atoms with van der Waals surface area (Å²) in [6.45, 7) is 8.25. The van der Waals surface area contributed by atoms with Gasteiger partial charge in [0, 0.05) is 18.0 Å². The maximum atomic E-state index is 11.6. The summed E-state index contributed by atoms with van der Waals surface area (Å²) < 4.78 is 0. The van der Waals surface area contributed by atoms with E-state index in [1.165, 1.54) is 0 Å². The summed E-state index contributed by atoms with van der Waals surface area (Å²) in [5.74, 6) is 0.0183. The second kappa shape index (κ2) is 6.15. The average molecular weight is 245 g/mol. The number of hydrogen-bond donors (Lipinski definition) is 2. The summed E-state index contributed by atoms with van der Waals surface area (Å²) in [7, 11) is 1.89. The highest BCUT2D eigenvalue weighted by molar-refractivity contribution is 7.80. The van der Waals surface area contributed by atoms with Gasteiger partial charge in [0.2, 0.25) is 5.91 Å². The molecule has 0 aromatic carbocycles. The summed E-state index contributed by atoms with van der Waals surface area (Å²) in [6.07, 6.45) is 0.634. The lowest BCUT2D eigenvalue weighted by atomic mass is 10.1. The molecule has 3 N–H and O–H groups in total. The van der Waals surface area contributed by atoms with Crippen molar-refractivity contribution in [3.05, 3.63) is 0 Å². The Bertz CT molecular complexity index is 260. The van der Waals surface area contributed by atoms with Crippen LogP contribution in [0.5, 0.6) is 0 Å². The molecule has 0 bridgehead atoms. The molecule has 0 spiro atoms. The van der Waals surface area contributed by atoms with E-state index in [4.69, 9.17) is 18.0 Å². The molecule has 0 aliphatic heterocycles. The van der Waals surface area contributed by atoms with Crippen LogP contribution in [0.25, 0.3) is 0 Å². The maximum absolute atomic E-state index is 11.6. The molecule has 94 valence electrons. The van der Waals surface area contributed by atoms with Crippen molar-refractivity contribution < 1.29 is 4.79 Å². The Kier molecular flexibility index (Phi) is 5.89. The van der Waals surface area contributed by atoms with E-state index in [0.717, 1.165) is 0 Å². The minimum Gasteiger partial charge on any atom is -0.393 e. The summed E-state index contributed by atoms with van der Waals surface area (Å²) in [4.78, 5) is 14.1. The van der Waals surface area contributed by atoms with Crippen LogP contribution in [0.4, 0.5) is 0 Å². The zero-order chi connectivity index (χ0) is 12.9. The molecule has 0 saturated carbocycles. The fraction of sp³-hybridized carbons (Fsp3) is 0.818. The molecule has 16 heavy (non-hydrogen) atoms. The van der Waals surface area contributed by atoms with Gasteiger partial charge in [-0.15, -0.1) is 0 Å². The Balaban J connectivity index is 4.09. The molecule has 1 unspecified atom stereocenters. The number of likely N-dealkylation sites (N-methyl/N-ethyl adjacent to an activating group) is 1. The first-order valence-electron chi connectivity index (χ1n) is 5.41. The van der Waals surface area contributed by atoms with Crippen LogP contribution in [0.1, 0.15) is 34.1 Å². The van der Waals surface area contributed by atoms with Gasteiger partial charge in [0.1, 0.15) is 0 Å². The number of amides is 1. The Morgan fingerprint density at radius 3 is 2.38 bits per heavy atom. The van der Waals surface area contributed by atoms with Crippen molar-refractivity contribution in [3.63, 3.8) is 0 Å². The molecule has 0 fully saturated rings. The Hall–Kier alpha value is -0.680. The molecule has 0 aliphatic carbocycles. The Labute approximate surface area is 104 Å². The maximum Gasteiger partial charge on any atom is 0.234 e. The van der Waals surface area contributed by atoms with Gasteiger partial charge < -0.3 is 11.1 Å². The van der Waals surface area contributed by atoms with Gasteiger partial charge in [0.15, 0.2) is 0 Å². The molecular weight excluding hydrogens is 222 g/mol. The lowest BCUT2D eigenvalue weighted by Gasteiger charge is -2.26. The first-order chi connectivity index (χ1) is 7.11. The predicted octanol–water partition coefficient (Wildman–Crippen LogP) is 0.898. The summed E-state index contributed by atoms with van der Waals surface area (Å²) in [5.41, 5.74) is 5.28. The van der Waals surface area contributed by atoms with Crippen molar-refractivity contribution in [1.29, 1.82) is 0 Å². The van der Waals surface area contributed by atoms with E-state index in [-0.39, 0.29) is 17.5 Å². The zero-order valence-electron chi connectivity index (χ0n) is 10.8. The molecule has 0 rings (SSSR count). The highest BCUT2D eigenvalue weighted by atomic mass is 32.1. The fourth-order valence-corrected chi connectivity index (χ4v) is 1.53. The van der Waals surface area contributed by atoms with Crippen molar-refractivity contribution in [2.75, 3.05) is 13.6 Å². The van der Waals surface area contributed by atoms with Crippen molar-refractivity contribution in [1.82, 2.24) is 10.2 Å². The molecule has 0 aliphatic rings. The fourth-order valence-electron chi connectivity index (χ4n) is 1.29. The Morgan fingerprint density at radius 1 is 1.50 bits per heavy atom. The number of thiocarbonyl (C=S) groups is 1. The molecule has 1 atom stereocenters. The average Bonchev–Trinajstić information content (AvgIpc) is 1.98.